The van der Waals surface area contributed by atoms with E-state index in [2.05, 4.69) is 0 Å². The summed E-state index contributed by atoms with van der Waals surface area (Å²) in [6.45, 7) is 17.4. The lowest BCUT2D eigenvalue weighted by Gasteiger charge is -2.32. The molecule has 0 saturated carbocycles. The molecular weight excluding hydrogens is 505 g/mol. The number of hydrogen-bond acceptors (Lipinski definition) is 7. The minimum atomic E-state index is -0.613. The summed E-state index contributed by atoms with van der Waals surface area (Å²) in [4.78, 5) is 12.0. The van der Waals surface area contributed by atoms with Crippen molar-refractivity contribution < 1.29 is 28.1 Å². The van der Waals surface area contributed by atoms with E-state index in [1.54, 1.807) is 16.8 Å². The van der Waals surface area contributed by atoms with E-state index < -0.39 is 42.6 Å². The Balaban J connectivity index is 1.53. The lowest BCUT2D eigenvalue weighted by atomic mass is 9.78. The normalized spacial score (nSPS) is 21.3. The van der Waals surface area contributed by atoms with E-state index in [0.29, 0.717) is 22.1 Å². The van der Waals surface area contributed by atoms with Gasteiger partial charge in [-0.1, -0.05) is 23.7 Å². The second-order valence-electron chi connectivity index (χ2n) is 12.0. The molecule has 0 bridgehead atoms. The maximum Gasteiger partial charge on any atom is 0.494 e. The number of rotatable bonds is 4. The van der Waals surface area contributed by atoms with E-state index in [0.717, 1.165) is 16.3 Å². The molecule has 2 fully saturated rings. The van der Waals surface area contributed by atoms with Crippen molar-refractivity contribution in [3.8, 4) is 11.4 Å². The zero-order chi connectivity index (χ0) is 27.8. The topological polar surface area (TPSA) is 81.0 Å². The third-order valence-electron chi connectivity index (χ3n) is 8.15. The number of aromatic nitrogens is 2. The monoisotopic (exact) mass is 538 g/mol. The van der Waals surface area contributed by atoms with Crippen molar-refractivity contribution in [2.75, 3.05) is 0 Å². The number of nitrogens with zero attached hydrogens (tertiary/aromatic N) is 2. The van der Waals surface area contributed by atoms with Crippen LogP contribution < -0.4 is 15.7 Å². The number of benzene rings is 2. The molecule has 0 unspecified atom stereocenters. The lowest BCUT2D eigenvalue weighted by molar-refractivity contribution is -0.131. The molecule has 2 aliphatic rings. The van der Waals surface area contributed by atoms with Crippen molar-refractivity contribution in [2.24, 2.45) is 0 Å². The summed E-state index contributed by atoms with van der Waals surface area (Å²) in [5.41, 5.74) is 0.828. The van der Waals surface area contributed by atoms with Crippen LogP contribution in [0.3, 0.4) is 0 Å². The number of ether oxygens (including phenoxy) is 1. The van der Waals surface area contributed by atoms with E-state index in [1.807, 2.05) is 79.7 Å². The van der Waals surface area contributed by atoms with Gasteiger partial charge in [0.1, 0.15) is 10.8 Å². The maximum atomic E-state index is 12.0. The molecule has 3 heterocycles. The molecule has 0 N–H and O–H groups in total. The Bertz CT molecular complexity index is 1400. The summed E-state index contributed by atoms with van der Waals surface area (Å²) >= 11 is 6.86. The first-order valence-electron chi connectivity index (χ1n) is 12.7. The van der Waals surface area contributed by atoms with Crippen LogP contribution in [0, 0.1) is 0 Å². The molecule has 0 aliphatic carbocycles. The molecule has 5 rings (SSSR count). The SMILES string of the molecule is CC(=O)Oc1cc(B2OC(C)(C)C(C)(C)O2)ccc1-n1nc2ccc(B3OC(C)(C)C(C)(C)O3)cc2c1Cl. The molecule has 2 aromatic carbocycles. The molecule has 8 nitrogen and oxygen atoms in total. The molecule has 38 heavy (non-hydrogen) atoms. The smallest absolute Gasteiger partial charge is 0.424 e. The highest BCUT2D eigenvalue weighted by atomic mass is 35.5. The van der Waals surface area contributed by atoms with Crippen LogP contribution in [0.4, 0.5) is 0 Å². The molecule has 0 spiro atoms. The number of esters is 1. The molecule has 0 radical (unpaired) electrons. The van der Waals surface area contributed by atoms with Crippen molar-refractivity contribution in [3.05, 3.63) is 41.6 Å². The van der Waals surface area contributed by atoms with Crippen LogP contribution in [-0.2, 0) is 23.4 Å². The van der Waals surface area contributed by atoms with Crippen molar-refractivity contribution >= 4 is 53.6 Å². The minimum Gasteiger partial charge on any atom is -0.424 e. The largest absolute Gasteiger partial charge is 0.494 e. The molecule has 1 aromatic heterocycles. The van der Waals surface area contributed by atoms with Crippen molar-refractivity contribution in [2.45, 2.75) is 84.7 Å². The molecule has 3 aromatic rings. The summed E-state index contributed by atoms with van der Waals surface area (Å²) < 4.78 is 31.9. The Morgan fingerprint density at radius 2 is 1.29 bits per heavy atom. The first-order valence-corrected chi connectivity index (χ1v) is 13.1. The third-order valence-corrected chi connectivity index (χ3v) is 8.52. The zero-order valence-electron chi connectivity index (χ0n) is 23.3. The fraction of sp³-hybridized carbons (Fsp3) is 0.481. The van der Waals surface area contributed by atoms with E-state index >= 15 is 0 Å². The molecule has 0 amide bonds. The second-order valence-corrected chi connectivity index (χ2v) is 12.3. The molecular formula is C27H33B2ClN2O6. The van der Waals surface area contributed by atoms with Crippen LogP contribution in [0.5, 0.6) is 5.75 Å². The number of hydrogen-bond donors (Lipinski definition) is 0. The molecule has 200 valence electrons. The average molecular weight is 539 g/mol. The van der Waals surface area contributed by atoms with Crippen LogP contribution in [-0.4, -0.2) is 52.4 Å². The number of carbonyl (C=O) groups excluding carboxylic acids is 1. The standard InChI is InChI=1S/C27H33B2ClN2O6/c1-16(33)34-22-15-18(29-37-26(6,7)27(8,9)38-29)11-13-21(22)32-23(30)19-14-17(10-12-20(19)31-32)28-35-24(2,3)25(4,5)36-28/h10-15H,1-9H3. The Morgan fingerprint density at radius 3 is 1.79 bits per heavy atom. The van der Waals surface area contributed by atoms with Crippen molar-refractivity contribution in [1.29, 1.82) is 0 Å². The average Bonchev–Trinajstić information content (AvgIpc) is 3.32. The Kier molecular flexibility index (Phi) is 6.32. The highest BCUT2D eigenvalue weighted by Gasteiger charge is 2.53. The molecule has 0 atom stereocenters. The van der Waals surface area contributed by atoms with E-state index in [4.69, 9.17) is 40.1 Å². The fourth-order valence-electron chi connectivity index (χ4n) is 4.43. The van der Waals surface area contributed by atoms with Crippen LogP contribution in [0.2, 0.25) is 5.15 Å². The van der Waals surface area contributed by atoms with Gasteiger partial charge in [0.15, 0.2) is 5.75 Å². The van der Waals surface area contributed by atoms with Gasteiger partial charge in [0.2, 0.25) is 0 Å². The summed E-state index contributed by atoms with van der Waals surface area (Å²) in [6, 6.07) is 11.1. The lowest BCUT2D eigenvalue weighted by Crippen LogP contribution is -2.41. The van der Waals surface area contributed by atoms with E-state index in [-0.39, 0.29) is 0 Å². The summed E-state index contributed by atoms with van der Waals surface area (Å²) in [7, 11) is -1.14. The highest BCUT2D eigenvalue weighted by molar-refractivity contribution is 6.62. The predicted octanol–water partition coefficient (Wildman–Crippen LogP) is 4.20. The Hall–Kier alpha value is -2.36. The van der Waals surface area contributed by atoms with Crippen molar-refractivity contribution in [1.82, 2.24) is 9.78 Å². The molecule has 2 saturated heterocycles. The van der Waals surface area contributed by atoms with Gasteiger partial charge in [-0.25, -0.2) is 4.68 Å². The quantitative estimate of drug-likeness (QED) is 0.280. The van der Waals surface area contributed by atoms with Crippen LogP contribution in [0.1, 0.15) is 62.3 Å². The third kappa shape index (κ3) is 4.46. The van der Waals surface area contributed by atoms with Crippen LogP contribution >= 0.6 is 11.6 Å². The summed E-state index contributed by atoms with van der Waals surface area (Å²) in [5, 5.41) is 5.79. The van der Waals surface area contributed by atoms with Gasteiger partial charge in [0.05, 0.1) is 27.9 Å². The fourth-order valence-corrected chi connectivity index (χ4v) is 4.71. The van der Waals surface area contributed by atoms with Gasteiger partial charge in [0.25, 0.3) is 0 Å². The maximum absolute atomic E-state index is 12.0. The summed E-state index contributed by atoms with van der Waals surface area (Å²) in [6.07, 6.45) is 0. The van der Waals surface area contributed by atoms with Gasteiger partial charge in [-0.3, -0.25) is 4.79 Å². The number of fused-ring (bicyclic) bond motifs is 1. The Morgan fingerprint density at radius 1 is 0.816 bits per heavy atom. The Labute approximate surface area is 229 Å². The van der Waals surface area contributed by atoms with Crippen LogP contribution in [0.25, 0.3) is 16.6 Å². The number of halogens is 1. The predicted molar refractivity (Wildman–Crippen MR) is 149 cm³/mol. The van der Waals surface area contributed by atoms with Gasteiger partial charge >= 0.3 is 20.2 Å². The first-order chi connectivity index (χ1) is 17.5. The van der Waals surface area contributed by atoms with E-state index in [9.17, 15) is 4.79 Å². The zero-order valence-corrected chi connectivity index (χ0v) is 24.1. The van der Waals surface area contributed by atoms with Gasteiger partial charge in [-0.15, -0.1) is 0 Å². The highest BCUT2D eigenvalue weighted by Crippen LogP contribution is 2.38. The number of carbonyl (C=O) groups is 1. The van der Waals surface area contributed by atoms with Gasteiger partial charge < -0.3 is 23.4 Å². The van der Waals surface area contributed by atoms with Gasteiger partial charge in [-0.05, 0) is 90.6 Å². The van der Waals surface area contributed by atoms with Gasteiger partial charge in [0, 0.05) is 12.3 Å². The second kappa shape index (κ2) is 8.83. The first kappa shape index (κ1) is 27.2. The van der Waals surface area contributed by atoms with Crippen LogP contribution in [0.15, 0.2) is 36.4 Å². The van der Waals surface area contributed by atoms with Crippen molar-refractivity contribution in [3.63, 3.8) is 0 Å². The molecule has 2 aliphatic heterocycles. The summed E-state index contributed by atoms with van der Waals surface area (Å²) in [5.74, 6) is -0.168. The minimum absolute atomic E-state index is 0.297. The van der Waals surface area contributed by atoms with Gasteiger partial charge in [-0.2, -0.15) is 5.10 Å². The van der Waals surface area contributed by atoms with E-state index in [1.165, 1.54) is 6.92 Å². The molecule has 11 heteroatoms.